The Morgan fingerprint density at radius 3 is 2.68 bits per heavy atom. The second-order valence-corrected chi connectivity index (χ2v) is 4.72. The lowest BCUT2D eigenvalue weighted by Gasteiger charge is -2.10. The first-order chi connectivity index (χ1) is 9.11. The molecule has 0 unspecified atom stereocenters. The summed E-state index contributed by atoms with van der Waals surface area (Å²) < 4.78 is 0. The predicted octanol–water partition coefficient (Wildman–Crippen LogP) is 4.18. The lowest BCUT2D eigenvalue weighted by Crippen LogP contribution is -2.00. The molecule has 0 saturated carbocycles. The van der Waals surface area contributed by atoms with E-state index in [2.05, 4.69) is 5.32 Å². The summed E-state index contributed by atoms with van der Waals surface area (Å²) in [6.45, 7) is 0.362. The zero-order valence-electron chi connectivity index (χ0n) is 9.82. The van der Waals surface area contributed by atoms with Crippen molar-refractivity contribution < 1.29 is 5.11 Å². The molecule has 96 valence electrons. The Morgan fingerprint density at radius 2 is 1.95 bits per heavy atom. The van der Waals surface area contributed by atoms with E-state index in [1.165, 1.54) is 0 Å². The van der Waals surface area contributed by atoms with Crippen LogP contribution in [0.1, 0.15) is 11.1 Å². The molecule has 0 aliphatic carbocycles. The molecule has 0 aliphatic rings. The van der Waals surface area contributed by atoms with Crippen molar-refractivity contribution in [2.24, 2.45) is 0 Å². The average Bonchev–Trinajstić information content (AvgIpc) is 2.42. The van der Waals surface area contributed by atoms with Crippen LogP contribution in [0.3, 0.4) is 0 Å². The van der Waals surface area contributed by atoms with Gasteiger partial charge in [0.25, 0.3) is 0 Å². The molecule has 0 atom stereocenters. The number of phenolic OH excluding ortho intramolecular Hbond substituents is 1. The highest BCUT2D eigenvalue weighted by atomic mass is 35.5. The number of rotatable bonds is 3. The number of benzene rings is 2. The van der Waals surface area contributed by atoms with Gasteiger partial charge in [0.05, 0.1) is 27.4 Å². The lowest BCUT2D eigenvalue weighted by atomic mass is 10.2. The number of hydrogen-bond donors (Lipinski definition) is 2. The summed E-state index contributed by atoms with van der Waals surface area (Å²) in [7, 11) is 0. The summed E-state index contributed by atoms with van der Waals surface area (Å²) in [5, 5.41) is 22.5. The van der Waals surface area contributed by atoms with Gasteiger partial charge in [0, 0.05) is 12.1 Å². The van der Waals surface area contributed by atoms with Crippen LogP contribution < -0.4 is 5.32 Å². The van der Waals surface area contributed by atoms with Crippen molar-refractivity contribution in [1.82, 2.24) is 0 Å². The summed E-state index contributed by atoms with van der Waals surface area (Å²) in [6, 6.07) is 12.1. The van der Waals surface area contributed by atoms with Crippen molar-refractivity contribution in [3.8, 4) is 11.8 Å². The maximum absolute atomic E-state index is 9.79. The van der Waals surface area contributed by atoms with E-state index in [4.69, 9.17) is 28.5 Å². The number of nitriles is 1. The molecule has 0 bridgehead atoms. The van der Waals surface area contributed by atoms with Gasteiger partial charge in [0.1, 0.15) is 5.75 Å². The van der Waals surface area contributed by atoms with E-state index in [0.29, 0.717) is 33.4 Å². The third-order valence-electron chi connectivity index (χ3n) is 2.64. The molecule has 2 N–H and O–H groups in total. The van der Waals surface area contributed by atoms with Crippen molar-refractivity contribution in [2.75, 3.05) is 5.32 Å². The maximum atomic E-state index is 9.79. The molecule has 2 aromatic rings. The fraction of sp³-hybridized carbons (Fsp3) is 0.0714. The number of phenols is 1. The number of aromatic hydroxyl groups is 1. The minimum Gasteiger partial charge on any atom is -0.506 e. The summed E-state index contributed by atoms with van der Waals surface area (Å²) >= 11 is 11.9. The fourth-order valence-corrected chi connectivity index (χ4v) is 2.00. The minimum atomic E-state index is 0.0456. The molecule has 0 heterocycles. The highest BCUT2D eigenvalue weighted by Gasteiger charge is 2.06. The van der Waals surface area contributed by atoms with Crippen molar-refractivity contribution in [3.05, 3.63) is 57.6 Å². The van der Waals surface area contributed by atoms with Gasteiger partial charge in [-0.25, -0.2) is 0 Å². The first-order valence-electron chi connectivity index (χ1n) is 5.51. The van der Waals surface area contributed by atoms with Crippen LogP contribution in [0.5, 0.6) is 5.75 Å². The van der Waals surface area contributed by atoms with E-state index < -0.39 is 0 Å². The average molecular weight is 293 g/mol. The van der Waals surface area contributed by atoms with Crippen molar-refractivity contribution in [1.29, 1.82) is 5.26 Å². The van der Waals surface area contributed by atoms with E-state index in [1.54, 1.807) is 36.4 Å². The van der Waals surface area contributed by atoms with Gasteiger partial charge in [0.15, 0.2) is 0 Å². The normalized spacial score (nSPS) is 9.95. The summed E-state index contributed by atoms with van der Waals surface area (Å²) in [5.41, 5.74) is 1.81. The van der Waals surface area contributed by atoms with E-state index in [-0.39, 0.29) is 5.75 Å². The Bertz CT molecular complexity index is 650. The molecule has 2 rings (SSSR count). The van der Waals surface area contributed by atoms with E-state index >= 15 is 0 Å². The monoisotopic (exact) mass is 292 g/mol. The molecular formula is C14H10Cl2N2O. The molecule has 19 heavy (non-hydrogen) atoms. The zero-order valence-corrected chi connectivity index (χ0v) is 11.3. The topological polar surface area (TPSA) is 56.0 Å². The second-order valence-electron chi connectivity index (χ2n) is 3.91. The standard InChI is InChI=1S/C14H10Cl2N2O/c15-11-5-4-9(7-17)6-13(11)18-8-10-2-1-3-12(16)14(10)19/h1-6,18-19H,8H2. The van der Waals surface area contributed by atoms with Gasteiger partial charge in [-0.3, -0.25) is 0 Å². The quantitative estimate of drug-likeness (QED) is 0.892. The SMILES string of the molecule is N#Cc1ccc(Cl)c(NCc2cccc(Cl)c2O)c1. The van der Waals surface area contributed by atoms with E-state index in [9.17, 15) is 5.11 Å². The third kappa shape index (κ3) is 3.11. The highest BCUT2D eigenvalue weighted by Crippen LogP contribution is 2.29. The van der Waals surface area contributed by atoms with Crippen LogP contribution in [0.15, 0.2) is 36.4 Å². The largest absolute Gasteiger partial charge is 0.506 e. The minimum absolute atomic E-state index is 0.0456. The summed E-state index contributed by atoms with van der Waals surface area (Å²) in [6.07, 6.45) is 0. The third-order valence-corrected chi connectivity index (χ3v) is 3.27. The molecule has 0 fully saturated rings. The highest BCUT2D eigenvalue weighted by molar-refractivity contribution is 6.33. The zero-order chi connectivity index (χ0) is 13.8. The van der Waals surface area contributed by atoms with Gasteiger partial charge in [0.2, 0.25) is 0 Å². The van der Waals surface area contributed by atoms with Gasteiger partial charge in [-0.2, -0.15) is 5.26 Å². The molecule has 5 heteroatoms. The number of hydrogen-bond acceptors (Lipinski definition) is 3. The van der Waals surface area contributed by atoms with Gasteiger partial charge in [-0.1, -0.05) is 35.3 Å². The van der Waals surface area contributed by atoms with Gasteiger partial charge >= 0.3 is 0 Å². The lowest BCUT2D eigenvalue weighted by molar-refractivity contribution is 0.469. The number of nitrogens with zero attached hydrogens (tertiary/aromatic N) is 1. The summed E-state index contributed by atoms with van der Waals surface area (Å²) in [5.74, 6) is 0.0456. The number of nitrogens with one attached hydrogen (secondary N) is 1. The van der Waals surface area contributed by atoms with Crippen molar-refractivity contribution in [2.45, 2.75) is 6.54 Å². The summed E-state index contributed by atoms with van der Waals surface area (Å²) in [4.78, 5) is 0. The molecular weight excluding hydrogens is 283 g/mol. The predicted molar refractivity (Wildman–Crippen MR) is 76.6 cm³/mol. The van der Waals surface area contributed by atoms with Crippen LogP contribution >= 0.6 is 23.2 Å². The number of halogens is 2. The molecule has 0 amide bonds. The van der Waals surface area contributed by atoms with Crippen LogP contribution in [-0.4, -0.2) is 5.11 Å². The van der Waals surface area contributed by atoms with Crippen LogP contribution in [0.25, 0.3) is 0 Å². The first kappa shape index (κ1) is 13.5. The van der Waals surface area contributed by atoms with Gasteiger partial charge < -0.3 is 10.4 Å². The van der Waals surface area contributed by atoms with E-state index in [0.717, 1.165) is 0 Å². The fourth-order valence-electron chi connectivity index (χ4n) is 1.62. The van der Waals surface area contributed by atoms with Gasteiger partial charge in [-0.15, -0.1) is 0 Å². The van der Waals surface area contributed by atoms with Crippen molar-refractivity contribution in [3.63, 3.8) is 0 Å². The van der Waals surface area contributed by atoms with Gasteiger partial charge in [-0.05, 0) is 24.3 Å². The van der Waals surface area contributed by atoms with E-state index in [1.807, 2.05) is 6.07 Å². The van der Waals surface area contributed by atoms with Crippen LogP contribution in [0.2, 0.25) is 10.0 Å². The van der Waals surface area contributed by atoms with Crippen LogP contribution in [-0.2, 0) is 6.54 Å². The molecule has 0 spiro atoms. The Labute approximate surface area is 121 Å². The first-order valence-corrected chi connectivity index (χ1v) is 6.27. The molecule has 0 saturated heterocycles. The molecule has 3 nitrogen and oxygen atoms in total. The molecule has 0 aromatic heterocycles. The second kappa shape index (κ2) is 5.83. The number of anilines is 1. The van der Waals surface area contributed by atoms with Crippen LogP contribution in [0, 0.1) is 11.3 Å². The Hall–Kier alpha value is -1.89. The van der Waals surface area contributed by atoms with Crippen molar-refractivity contribution >= 4 is 28.9 Å². The maximum Gasteiger partial charge on any atom is 0.139 e. The Morgan fingerprint density at radius 1 is 1.16 bits per heavy atom. The Kier molecular flexibility index (Phi) is 4.16. The molecule has 2 aromatic carbocycles. The van der Waals surface area contributed by atoms with Crippen LogP contribution in [0.4, 0.5) is 5.69 Å². The molecule has 0 aliphatic heterocycles. The smallest absolute Gasteiger partial charge is 0.139 e. The molecule has 0 radical (unpaired) electrons. The number of para-hydroxylation sites is 1. The Balaban J connectivity index is 2.19.